The molecule has 1 N–H and O–H groups in total. The number of fused-ring (bicyclic) bond motifs is 3. The van der Waals surface area contributed by atoms with Gasteiger partial charge in [-0.15, -0.1) is 0 Å². The van der Waals surface area contributed by atoms with Gasteiger partial charge in [-0.25, -0.2) is 0 Å². The van der Waals surface area contributed by atoms with Crippen LogP contribution in [0.5, 0.6) is 0 Å². The minimum atomic E-state index is -0.0660. The number of anilines is 1. The second-order valence-electron chi connectivity index (χ2n) is 5.66. The van der Waals surface area contributed by atoms with Crippen LogP contribution in [0.3, 0.4) is 0 Å². The third kappa shape index (κ3) is 2.81. The summed E-state index contributed by atoms with van der Waals surface area (Å²) in [6.07, 6.45) is 1.95. The predicted octanol–water partition coefficient (Wildman–Crippen LogP) is 5.53. The van der Waals surface area contributed by atoms with Gasteiger partial charge in [-0.2, -0.15) is 0 Å². The molecule has 1 aromatic heterocycles. The Balaban J connectivity index is 1.67. The molecule has 0 spiro atoms. The smallest absolute Gasteiger partial charge is 0.228 e. The molecule has 0 bridgehead atoms. The molecule has 118 valence electrons. The summed E-state index contributed by atoms with van der Waals surface area (Å²) in [6.45, 7) is 0. The number of hydrogen-bond acceptors (Lipinski definition) is 2. The Morgan fingerprint density at radius 2 is 1.92 bits per heavy atom. The van der Waals surface area contributed by atoms with E-state index >= 15 is 0 Å². The van der Waals surface area contributed by atoms with Crippen LogP contribution in [0.4, 0.5) is 5.69 Å². The molecule has 0 aliphatic heterocycles. The second-order valence-corrected chi connectivity index (χ2v) is 6.57. The molecule has 0 atom stereocenters. The van der Waals surface area contributed by atoms with Crippen molar-refractivity contribution in [3.05, 3.63) is 77.0 Å². The number of carbonyl (C=O) groups excluding carboxylic acids is 1. The summed E-state index contributed by atoms with van der Waals surface area (Å²) in [4.78, 5) is 12.4. The Labute approximate surface area is 147 Å². The highest BCUT2D eigenvalue weighted by atomic mass is 79.9. The maximum Gasteiger partial charge on any atom is 0.228 e. The van der Waals surface area contributed by atoms with Gasteiger partial charge < -0.3 is 9.73 Å². The van der Waals surface area contributed by atoms with E-state index in [-0.39, 0.29) is 12.3 Å². The van der Waals surface area contributed by atoms with E-state index < -0.39 is 0 Å². The maximum atomic E-state index is 12.4. The molecule has 3 aromatic carbocycles. The number of furan rings is 1. The Hall–Kier alpha value is -2.59. The van der Waals surface area contributed by atoms with Crippen LogP contribution in [0.2, 0.25) is 0 Å². The lowest BCUT2D eigenvalue weighted by atomic mass is 10.0. The summed E-state index contributed by atoms with van der Waals surface area (Å²) in [5.74, 6) is -0.0660. The molecule has 24 heavy (non-hydrogen) atoms. The monoisotopic (exact) mass is 379 g/mol. The van der Waals surface area contributed by atoms with Crippen LogP contribution < -0.4 is 5.32 Å². The number of nitrogens with one attached hydrogen (secondary N) is 1. The summed E-state index contributed by atoms with van der Waals surface area (Å²) in [5.41, 5.74) is 2.47. The molecule has 0 saturated carbocycles. The molecule has 4 rings (SSSR count). The Morgan fingerprint density at radius 3 is 2.79 bits per heavy atom. The van der Waals surface area contributed by atoms with E-state index in [4.69, 9.17) is 4.42 Å². The van der Waals surface area contributed by atoms with Crippen LogP contribution >= 0.6 is 15.9 Å². The highest BCUT2D eigenvalue weighted by molar-refractivity contribution is 9.10. The number of hydrogen-bond donors (Lipinski definition) is 1. The molecule has 1 amide bonds. The van der Waals surface area contributed by atoms with Gasteiger partial charge in [-0.1, -0.05) is 52.3 Å². The van der Waals surface area contributed by atoms with Crippen molar-refractivity contribution in [2.45, 2.75) is 6.42 Å². The predicted molar refractivity (Wildman–Crippen MR) is 100 cm³/mol. The molecule has 0 unspecified atom stereocenters. The van der Waals surface area contributed by atoms with Crippen LogP contribution in [0.25, 0.3) is 21.7 Å². The summed E-state index contributed by atoms with van der Waals surface area (Å²) in [5, 5.41) is 6.18. The van der Waals surface area contributed by atoms with Crippen LogP contribution in [-0.2, 0) is 11.2 Å². The quantitative estimate of drug-likeness (QED) is 0.508. The van der Waals surface area contributed by atoms with Crippen molar-refractivity contribution in [2.75, 3.05) is 5.32 Å². The fourth-order valence-corrected chi connectivity index (χ4v) is 3.35. The molecule has 4 heteroatoms. The Kier molecular flexibility index (Phi) is 3.82. The van der Waals surface area contributed by atoms with Crippen molar-refractivity contribution in [1.29, 1.82) is 0 Å². The highest BCUT2D eigenvalue weighted by Crippen LogP contribution is 2.30. The van der Waals surface area contributed by atoms with Crippen molar-refractivity contribution >= 4 is 49.3 Å². The first-order chi connectivity index (χ1) is 11.7. The fourth-order valence-electron chi connectivity index (χ4n) is 2.95. The van der Waals surface area contributed by atoms with Gasteiger partial charge in [0.25, 0.3) is 0 Å². The van der Waals surface area contributed by atoms with Gasteiger partial charge in [0.15, 0.2) is 0 Å². The third-order valence-corrected chi connectivity index (χ3v) is 4.49. The van der Waals surface area contributed by atoms with E-state index in [9.17, 15) is 4.79 Å². The molecular formula is C20H14BrNO2. The van der Waals surface area contributed by atoms with Gasteiger partial charge in [0.2, 0.25) is 5.91 Å². The van der Waals surface area contributed by atoms with Gasteiger partial charge in [0.1, 0.15) is 5.58 Å². The fraction of sp³-hybridized carbons (Fsp3) is 0.0500. The minimum Gasteiger partial charge on any atom is -0.464 e. The van der Waals surface area contributed by atoms with Gasteiger partial charge in [0.05, 0.1) is 12.7 Å². The van der Waals surface area contributed by atoms with Crippen molar-refractivity contribution in [3.63, 3.8) is 0 Å². The lowest BCUT2D eigenvalue weighted by molar-refractivity contribution is -0.115. The molecular weight excluding hydrogens is 366 g/mol. The summed E-state index contributed by atoms with van der Waals surface area (Å²) < 4.78 is 6.57. The first-order valence-electron chi connectivity index (χ1n) is 7.64. The Morgan fingerprint density at radius 1 is 1.04 bits per heavy atom. The van der Waals surface area contributed by atoms with Crippen molar-refractivity contribution < 1.29 is 9.21 Å². The number of rotatable bonds is 3. The minimum absolute atomic E-state index is 0.0660. The van der Waals surface area contributed by atoms with E-state index in [0.29, 0.717) is 0 Å². The lowest BCUT2D eigenvalue weighted by Crippen LogP contribution is -2.14. The zero-order chi connectivity index (χ0) is 16.5. The van der Waals surface area contributed by atoms with Crippen molar-refractivity contribution in [2.24, 2.45) is 0 Å². The molecule has 1 heterocycles. The molecule has 0 aliphatic carbocycles. The molecule has 3 nitrogen and oxygen atoms in total. The first kappa shape index (κ1) is 15.0. The number of halogens is 1. The number of amides is 1. The number of carbonyl (C=O) groups is 1. The van der Waals surface area contributed by atoms with Crippen molar-refractivity contribution in [1.82, 2.24) is 0 Å². The van der Waals surface area contributed by atoms with Crippen LogP contribution in [0.15, 0.2) is 75.8 Å². The second kappa shape index (κ2) is 6.13. The standard InChI is InChI=1S/C20H14BrNO2/c21-15-5-3-6-16(11-15)22-19(23)10-14-12-24-18-9-8-13-4-1-2-7-17(13)20(14)18/h1-9,11-12H,10H2,(H,22,23). The highest BCUT2D eigenvalue weighted by Gasteiger charge is 2.13. The SMILES string of the molecule is O=C(Cc1coc2ccc3ccccc3c12)Nc1cccc(Br)c1. The zero-order valence-corrected chi connectivity index (χ0v) is 14.3. The number of benzene rings is 3. The average molecular weight is 380 g/mol. The molecule has 4 aromatic rings. The van der Waals surface area contributed by atoms with Crippen LogP contribution in [0.1, 0.15) is 5.56 Å². The maximum absolute atomic E-state index is 12.4. The third-order valence-electron chi connectivity index (χ3n) is 4.00. The zero-order valence-electron chi connectivity index (χ0n) is 12.8. The van der Waals surface area contributed by atoms with E-state index in [2.05, 4.69) is 33.4 Å². The summed E-state index contributed by atoms with van der Waals surface area (Å²) in [7, 11) is 0. The summed E-state index contributed by atoms with van der Waals surface area (Å²) in [6, 6.07) is 19.7. The normalized spacial score (nSPS) is 11.0. The molecule has 0 fully saturated rings. The van der Waals surface area contributed by atoms with Crippen LogP contribution in [-0.4, -0.2) is 5.91 Å². The van der Waals surface area contributed by atoms with Gasteiger partial charge in [0, 0.05) is 21.1 Å². The van der Waals surface area contributed by atoms with Crippen LogP contribution in [0, 0.1) is 0 Å². The van der Waals surface area contributed by atoms with Gasteiger partial charge >= 0.3 is 0 Å². The van der Waals surface area contributed by atoms with Gasteiger partial charge in [-0.3, -0.25) is 4.79 Å². The summed E-state index contributed by atoms with van der Waals surface area (Å²) >= 11 is 3.41. The van der Waals surface area contributed by atoms with E-state index in [1.165, 1.54) is 0 Å². The van der Waals surface area contributed by atoms with E-state index in [1.807, 2.05) is 48.5 Å². The largest absolute Gasteiger partial charge is 0.464 e. The Bertz CT molecular complexity index is 1050. The topological polar surface area (TPSA) is 42.2 Å². The van der Waals surface area contributed by atoms with Gasteiger partial charge in [-0.05, 0) is 35.0 Å². The average Bonchev–Trinajstić information content (AvgIpc) is 2.98. The lowest BCUT2D eigenvalue weighted by Gasteiger charge is -2.06. The molecule has 0 saturated heterocycles. The molecule has 0 aliphatic rings. The van der Waals surface area contributed by atoms with Crippen molar-refractivity contribution in [3.8, 4) is 0 Å². The first-order valence-corrected chi connectivity index (χ1v) is 8.43. The molecule has 0 radical (unpaired) electrons. The van der Waals surface area contributed by atoms with E-state index in [1.54, 1.807) is 6.26 Å². The van der Waals surface area contributed by atoms with E-state index in [0.717, 1.165) is 37.5 Å².